The fourth-order valence-corrected chi connectivity index (χ4v) is 9.69. The molecule has 3 aromatic carbocycles. The van der Waals surface area contributed by atoms with Crippen LogP contribution in [0.5, 0.6) is 5.75 Å². The Hall–Kier alpha value is -1.82. The number of hydrogen-bond donors (Lipinski definition) is 1. The second-order valence-electron chi connectivity index (χ2n) is 10.0. The van der Waals surface area contributed by atoms with E-state index in [9.17, 15) is 5.11 Å². The molecule has 0 atom stereocenters. The third-order valence-corrected chi connectivity index (χ3v) is 11.9. The van der Waals surface area contributed by atoms with E-state index in [1.165, 1.54) is 93.8 Å². The zero-order chi connectivity index (χ0) is 24.6. The maximum absolute atomic E-state index is 10.7. The molecule has 0 saturated heterocycles. The van der Waals surface area contributed by atoms with Gasteiger partial charge >= 0.3 is 0 Å². The summed E-state index contributed by atoms with van der Waals surface area (Å²) in [7, 11) is -1.69. The van der Waals surface area contributed by atoms with Crippen molar-refractivity contribution in [3.05, 3.63) is 90.5 Å². The molecule has 0 saturated carbocycles. The summed E-state index contributed by atoms with van der Waals surface area (Å²) in [6.45, 7) is 2.29. The zero-order valence-electron chi connectivity index (χ0n) is 22.3. The summed E-state index contributed by atoms with van der Waals surface area (Å²) in [6, 6.07) is 30.2. The van der Waals surface area contributed by atoms with Gasteiger partial charge < -0.3 is 17.5 Å². The van der Waals surface area contributed by atoms with Crippen molar-refractivity contribution in [2.45, 2.75) is 90.1 Å². The van der Waals surface area contributed by atoms with Crippen molar-refractivity contribution >= 4 is 17.9 Å². The molecule has 0 amide bonds. The number of phenolic OH excluding ortho intramolecular Hbond substituents is 1. The second-order valence-corrected chi connectivity index (χ2v) is 13.8. The molecule has 0 unspecified atom stereocenters. The Labute approximate surface area is 227 Å². The molecule has 1 nitrogen and oxygen atoms in total. The molecule has 0 aliphatic heterocycles. The van der Waals surface area contributed by atoms with Gasteiger partial charge in [-0.05, 0) is 43.2 Å². The molecule has 0 radical (unpaired) electrons. The van der Waals surface area contributed by atoms with Crippen molar-refractivity contribution < 1.29 is 17.5 Å². The normalized spacial score (nSPS) is 11.2. The average Bonchev–Trinajstić information content (AvgIpc) is 2.91. The van der Waals surface area contributed by atoms with Gasteiger partial charge in [0.2, 0.25) is 0 Å². The van der Waals surface area contributed by atoms with Gasteiger partial charge in [0.05, 0.1) is 30.2 Å². The average molecular weight is 525 g/mol. The SMILES string of the molecule is CCCCCCCCCCCCCC[P+](Cc1ccccc1O)(c1ccccc1)c1ccccc1.[Cl-]. The van der Waals surface area contributed by atoms with E-state index >= 15 is 0 Å². The predicted octanol–water partition coefficient (Wildman–Crippen LogP) is 6.27. The number of benzene rings is 3. The monoisotopic (exact) mass is 524 g/mol. The minimum atomic E-state index is -1.69. The lowest BCUT2D eigenvalue weighted by Gasteiger charge is -2.28. The number of para-hydroxylation sites is 1. The highest BCUT2D eigenvalue weighted by Crippen LogP contribution is 2.60. The Morgan fingerprint density at radius 1 is 0.528 bits per heavy atom. The molecule has 196 valence electrons. The van der Waals surface area contributed by atoms with Crippen molar-refractivity contribution in [1.29, 1.82) is 0 Å². The first kappa shape index (κ1) is 30.4. The maximum Gasteiger partial charge on any atom is 0.122 e. The van der Waals surface area contributed by atoms with Gasteiger partial charge in [0.1, 0.15) is 5.75 Å². The van der Waals surface area contributed by atoms with E-state index < -0.39 is 7.26 Å². The van der Waals surface area contributed by atoms with E-state index in [0.717, 1.165) is 11.7 Å². The molecule has 0 spiro atoms. The Kier molecular flexibility index (Phi) is 14.9. The lowest BCUT2D eigenvalue weighted by molar-refractivity contribution is -0.00000822. The van der Waals surface area contributed by atoms with Crippen molar-refractivity contribution in [2.24, 2.45) is 0 Å². The molecular formula is C33H46ClOP. The van der Waals surface area contributed by atoms with Gasteiger partial charge in [-0.1, -0.05) is 126 Å². The van der Waals surface area contributed by atoms with Gasteiger partial charge in [0, 0.05) is 5.56 Å². The summed E-state index contributed by atoms with van der Waals surface area (Å²) < 4.78 is 0. The highest BCUT2D eigenvalue weighted by atomic mass is 35.5. The van der Waals surface area contributed by atoms with E-state index in [1.54, 1.807) is 0 Å². The minimum Gasteiger partial charge on any atom is -1.00 e. The molecule has 0 bridgehead atoms. The zero-order valence-corrected chi connectivity index (χ0v) is 23.9. The number of unbranched alkanes of at least 4 members (excludes halogenated alkanes) is 11. The number of halogens is 1. The van der Waals surface area contributed by atoms with Crippen LogP contribution in [0.4, 0.5) is 0 Å². The molecule has 0 fully saturated rings. The molecule has 3 aromatic rings. The summed E-state index contributed by atoms with van der Waals surface area (Å²) in [5.74, 6) is 0.429. The van der Waals surface area contributed by atoms with Crippen LogP contribution in [-0.4, -0.2) is 11.3 Å². The van der Waals surface area contributed by atoms with Crippen molar-refractivity contribution in [1.82, 2.24) is 0 Å². The third-order valence-electron chi connectivity index (χ3n) is 7.33. The Bertz CT molecular complexity index is 905. The number of rotatable bonds is 17. The Morgan fingerprint density at radius 2 is 0.944 bits per heavy atom. The molecule has 3 heteroatoms. The lowest BCUT2D eigenvalue weighted by Crippen LogP contribution is -3.00. The van der Waals surface area contributed by atoms with E-state index in [1.807, 2.05) is 12.1 Å². The summed E-state index contributed by atoms with van der Waals surface area (Å²) in [6.07, 6.45) is 18.6. The summed E-state index contributed by atoms with van der Waals surface area (Å²) >= 11 is 0. The molecule has 0 heterocycles. The van der Waals surface area contributed by atoms with Crippen LogP contribution in [0.25, 0.3) is 0 Å². The van der Waals surface area contributed by atoms with Gasteiger partial charge in [-0.25, -0.2) is 0 Å². The summed E-state index contributed by atoms with van der Waals surface area (Å²) in [4.78, 5) is 0. The van der Waals surface area contributed by atoms with Gasteiger partial charge in [0.15, 0.2) is 0 Å². The molecule has 0 aliphatic carbocycles. The molecule has 1 N–H and O–H groups in total. The fourth-order valence-electron chi connectivity index (χ4n) is 5.25. The molecule has 0 aromatic heterocycles. The smallest absolute Gasteiger partial charge is 0.122 e. The first-order valence-electron chi connectivity index (χ1n) is 14.0. The fraction of sp³-hybridized carbons (Fsp3) is 0.455. The predicted molar refractivity (Wildman–Crippen MR) is 157 cm³/mol. The van der Waals surface area contributed by atoms with Crippen LogP contribution in [0.2, 0.25) is 0 Å². The van der Waals surface area contributed by atoms with E-state index in [0.29, 0.717) is 5.75 Å². The van der Waals surface area contributed by atoms with Crippen LogP contribution in [0.15, 0.2) is 84.9 Å². The Balaban J connectivity index is 0.00000456. The van der Waals surface area contributed by atoms with Crippen LogP contribution in [0.3, 0.4) is 0 Å². The highest BCUT2D eigenvalue weighted by molar-refractivity contribution is 7.88. The standard InChI is InChI=1S/C33H45OP.ClH/c1-2-3-4-5-6-7-8-9-10-11-12-21-28-35(31-23-15-13-16-24-31,32-25-17-14-18-26-32)29-30-22-19-20-27-33(30)34;/h13-20,22-27H,2-12,21,28-29H2,1H3;1H. The van der Waals surface area contributed by atoms with Crippen molar-refractivity contribution in [3.8, 4) is 5.75 Å². The molecular weight excluding hydrogens is 479 g/mol. The molecule has 0 aliphatic rings. The molecule has 36 heavy (non-hydrogen) atoms. The highest BCUT2D eigenvalue weighted by Gasteiger charge is 2.42. The number of hydrogen-bond acceptors (Lipinski definition) is 1. The first-order valence-corrected chi connectivity index (χ1v) is 16.2. The van der Waals surface area contributed by atoms with Gasteiger partial charge in [-0.3, -0.25) is 0 Å². The first-order chi connectivity index (χ1) is 17.3. The number of aromatic hydroxyl groups is 1. The summed E-state index contributed by atoms with van der Waals surface area (Å²) in [5, 5.41) is 13.6. The topological polar surface area (TPSA) is 20.2 Å². The van der Waals surface area contributed by atoms with Crippen LogP contribution in [-0.2, 0) is 6.16 Å². The van der Waals surface area contributed by atoms with Crippen LogP contribution >= 0.6 is 7.26 Å². The largest absolute Gasteiger partial charge is 1.00 e. The third kappa shape index (κ3) is 9.57. The number of phenols is 1. The molecule has 3 rings (SSSR count). The van der Waals surface area contributed by atoms with Crippen LogP contribution < -0.4 is 23.0 Å². The van der Waals surface area contributed by atoms with Gasteiger partial charge in [-0.15, -0.1) is 0 Å². The maximum atomic E-state index is 10.7. The lowest BCUT2D eigenvalue weighted by atomic mass is 10.1. The Morgan fingerprint density at radius 3 is 1.42 bits per heavy atom. The van der Waals surface area contributed by atoms with Gasteiger partial charge in [-0.2, -0.15) is 0 Å². The van der Waals surface area contributed by atoms with Crippen LogP contribution in [0, 0.1) is 0 Å². The van der Waals surface area contributed by atoms with Crippen molar-refractivity contribution in [3.63, 3.8) is 0 Å². The summed E-state index contributed by atoms with van der Waals surface area (Å²) in [5.41, 5.74) is 1.08. The van der Waals surface area contributed by atoms with E-state index in [2.05, 4.69) is 79.7 Å². The quantitative estimate of drug-likeness (QED) is 0.163. The minimum absolute atomic E-state index is 0. The van der Waals surface area contributed by atoms with E-state index in [-0.39, 0.29) is 12.4 Å². The van der Waals surface area contributed by atoms with E-state index in [4.69, 9.17) is 0 Å². The van der Waals surface area contributed by atoms with Gasteiger partial charge in [0.25, 0.3) is 0 Å². The second kappa shape index (κ2) is 17.6. The van der Waals surface area contributed by atoms with Crippen molar-refractivity contribution in [2.75, 3.05) is 6.16 Å². The van der Waals surface area contributed by atoms with Crippen LogP contribution in [0.1, 0.15) is 89.5 Å².